The summed E-state index contributed by atoms with van der Waals surface area (Å²) >= 11 is 1.45. The van der Waals surface area contributed by atoms with Crippen LogP contribution >= 0.6 is 11.3 Å². The van der Waals surface area contributed by atoms with E-state index in [4.69, 9.17) is 4.74 Å². The smallest absolute Gasteiger partial charge is 0.210 e. The van der Waals surface area contributed by atoms with Gasteiger partial charge in [-0.3, -0.25) is 0 Å². The molecule has 22 heavy (non-hydrogen) atoms. The lowest BCUT2D eigenvalue weighted by Gasteiger charge is -2.00. The van der Waals surface area contributed by atoms with E-state index in [9.17, 15) is 10.2 Å². The number of thiazole rings is 1. The third kappa shape index (κ3) is 3.01. The summed E-state index contributed by atoms with van der Waals surface area (Å²) in [6.07, 6.45) is 1.52. The number of hydrogen-bond donors (Lipinski definition) is 2. The highest BCUT2D eigenvalue weighted by molar-refractivity contribution is 7.22. The first kappa shape index (κ1) is 14.3. The summed E-state index contributed by atoms with van der Waals surface area (Å²) in [6, 6.07) is 10.1. The minimum atomic E-state index is -0.0245. The van der Waals surface area contributed by atoms with Crippen molar-refractivity contribution in [3.8, 4) is 17.2 Å². The molecule has 6 heteroatoms. The van der Waals surface area contributed by atoms with Crippen molar-refractivity contribution in [2.24, 2.45) is 4.99 Å². The van der Waals surface area contributed by atoms with Gasteiger partial charge in [-0.2, -0.15) is 0 Å². The number of phenolic OH excluding ortho intramolecular Hbond substituents is 2. The molecule has 2 N–H and O–H groups in total. The van der Waals surface area contributed by atoms with Gasteiger partial charge < -0.3 is 14.9 Å². The van der Waals surface area contributed by atoms with Crippen molar-refractivity contribution >= 4 is 32.9 Å². The number of ether oxygens (including phenoxy) is 1. The zero-order valence-electron chi connectivity index (χ0n) is 11.9. The Kier molecular flexibility index (Phi) is 3.93. The van der Waals surface area contributed by atoms with E-state index in [1.54, 1.807) is 6.07 Å². The van der Waals surface area contributed by atoms with Crippen LogP contribution in [0.25, 0.3) is 10.2 Å². The van der Waals surface area contributed by atoms with E-state index in [1.165, 1.54) is 29.7 Å². The van der Waals surface area contributed by atoms with Gasteiger partial charge in [0.05, 0.1) is 16.8 Å². The van der Waals surface area contributed by atoms with Crippen molar-refractivity contribution in [2.75, 3.05) is 6.61 Å². The lowest BCUT2D eigenvalue weighted by Crippen LogP contribution is -1.89. The number of aromatic nitrogens is 1. The van der Waals surface area contributed by atoms with Crippen molar-refractivity contribution in [3.05, 3.63) is 42.0 Å². The average molecular weight is 314 g/mol. The van der Waals surface area contributed by atoms with Gasteiger partial charge in [0.25, 0.3) is 0 Å². The summed E-state index contributed by atoms with van der Waals surface area (Å²) in [5.41, 5.74) is 1.38. The topological polar surface area (TPSA) is 74.9 Å². The Bertz CT molecular complexity index is 843. The summed E-state index contributed by atoms with van der Waals surface area (Å²) in [5, 5.41) is 19.6. The van der Waals surface area contributed by atoms with Gasteiger partial charge in [-0.1, -0.05) is 11.3 Å². The molecule has 0 spiro atoms. The van der Waals surface area contributed by atoms with Gasteiger partial charge in [0, 0.05) is 17.8 Å². The van der Waals surface area contributed by atoms with Crippen LogP contribution in [0.2, 0.25) is 0 Å². The molecule has 0 atom stereocenters. The summed E-state index contributed by atoms with van der Waals surface area (Å²) in [5.74, 6) is 0.798. The predicted molar refractivity (Wildman–Crippen MR) is 87.8 cm³/mol. The first-order valence-corrected chi connectivity index (χ1v) is 7.57. The largest absolute Gasteiger partial charge is 0.508 e. The number of benzene rings is 2. The highest BCUT2D eigenvalue weighted by Gasteiger charge is 2.05. The van der Waals surface area contributed by atoms with Crippen molar-refractivity contribution in [3.63, 3.8) is 0 Å². The van der Waals surface area contributed by atoms with Crippen molar-refractivity contribution in [1.29, 1.82) is 0 Å². The van der Waals surface area contributed by atoms with Gasteiger partial charge >= 0.3 is 0 Å². The molecule has 0 aliphatic heterocycles. The number of hydrogen-bond acceptors (Lipinski definition) is 6. The molecule has 2 aromatic carbocycles. The molecule has 0 unspecified atom stereocenters. The van der Waals surface area contributed by atoms with Crippen LogP contribution in [-0.2, 0) is 0 Å². The Morgan fingerprint density at radius 3 is 2.86 bits per heavy atom. The Morgan fingerprint density at radius 2 is 2.09 bits per heavy atom. The molecule has 0 saturated carbocycles. The highest BCUT2D eigenvalue weighted by atomic mass is 32.1. The van der Waals surface area contributed by atoms with Crippen LogP contribution in [0.1, 0.15) is 12.5 Å². The Hall–Kier alpha value is -2.60. The minimum Gasteiger partial charge on any atom is -0.508 e. The van der Waals surface area contributed by atoms with Gasteiger partial charge in [0.2, 0.25) is 5.13 Å². The van der Waals surface area contributed by atoms with E-state index in [0.717, 1.165) is 16.0 Å². The third-order valence-corrected chi connectivity index (χ3v) is 3.91. The van der Waals surface area contributed by atoms with Crippen LogP contribution in [0.15, 0.2) is 41.4 Å². The molecular formula is C16H14N2O3S. The molecule has 0 amide bonds. The molecule has 0 bridgehead atoms. The van der Waals surface area contributed by atoms with Crippen LogP contribution in [-0.4, -0.2) is 28.0 Å². The molecule has 0 fully saturated rings. The number of phenols is 2. The number of rotatable bonds is 4. The zero-order valence-corrected chi connectivity index (χ0v) is 12.7. The van der Waals surface area contributed by atoms with Crippen molar-refractivity contribution < 1.29 is 14.9 Å². The number of aromatic hydroxyl groups is 2. The van der Waals surface area contributed by atoms with Crippen LogP contribution < -0.4 is 4.74 Å². The number of aliphatic imine (C=N–C) groups is 1. The van der Waals surface area contributed by atoms with E-state index in [0.29, 0.717) is 17.3 Å². The molecule has 3 aromatic rings. The monoisotopic (exact) mass is 314 g/mol. The van der Waals surface area contributed by atoms with Crippen LogP contribution in [0, 0.1) is 0 Å². The Morgan fingerprint density at radius 1 is 1.23 bits per heavy atom. The molecule has 3 rings (SSSR count). The van der Waals surface area contributed by atoms with Crippen molar-refractivity contribution in [2.45, 2.75) is 6.92 Å². The number of nitrogens with zero attached hydrogens (tertiary/aromatic N) is 2. The second kappa shape index (κ2) is 6.03. The summed E-state index contributed by atoms with van der Waals surface area (Å²) < 4.78 is 6.46. The van der Waals surface area contributed by atoms with Gasteiger partial charge in [-0.15, -0.1) is 0 Å². The Labute approximate surface area is 131 Å². The number of fused-ring (bicyclic) bond motifs is 1. The van der Waals surface area contributed by atoms with E-state index < -0.39 is 0 Å². The molecule has 5 nitrogen and oxygen atoms in total. The molecule has 0 aliphatic carbocycles. The quantitative estimate of drug-likeness (QED) is 0.717. The average Bonchev–Trinajstić information content (AvgIpc) is 2.89. The maximum Gasteiger partial charge on any atom is 0.210 e. The second-order valence-electron chi connectivity index (χ2n) is 4.56. The molecule has 112 valence electrons. The van der Waals surface area contributed by atoms with E-state index >= 15 is 0 Å². The van der Waals surface area contributed by atoms with Gasteiger partial charge in [-0.05, 0) is 37.3 Å². The van der Waals surface area contributed by atoms with E-state index in [2.05, 4.69) is 9.98 Å². The fraction of sp³-hybridized carbons (Fsp3) is 0.125. The van der Waals surface area contributed by atoms with Gasteiger partial charge in [0.15, 0.2) is 0 Å². The Balaban J connectivity index is 1.88. The lowest BCUT2D eigenvalue weighted by atomic mass is 10.2. The maximum absolute atomic E-state index is 9.72. The van der Waals surface area contributed by atoms with Crippen LogP contribution in [0.4, 0.5) is 5.13 Å². The molecule has 1 heterocycles. The van der Waals surface area contributed by atoms with Crippen LogP contribution in [0.3, 0.4) is 0 Å². The van der Waals surface area contributed by atoms with Gasteiger partial charge in [-0.25, -0.2) is 9.98 Å². The third-order valence-electron chi connectivity index (χ3n) is 2.99. The summed E-state index contributed by atoms with van der Waals surface area (Å²) in [6.45, 7) is 2.56. The lowest BCUT2D eigenvalue weighted by molar-refractivity contribution is 0.341. The minimum absolute atomic E-state index is 0.0121. The fourth-order valence-electron chi connectivity index (χ4n) is 1.97. The standard InChI is InChI=1S/C16H14N2O3S/c1-2-21-12-5-6-13-15(8-12)22-16(18-13)17-9-10-3-4-11(19)7-14(10)20/h3-9,19-20H,2H2,1H3/b17-9+. The van der Waals surface area contributed by atoms with Crippen LogP contribution in [0.5, 0.6) is 17.2 Å². The normalized spacial score (nSPS) is 11.3. The zero-order chi connectivity index (χ0) is 15.5. The molecule has 0 radical (unpaired) electrons. The summed E-state index contributed by atoms with van der Waals surface area (Å²) in [4.78, 5) is 8.69. The first-order valence-electron chi connectivity index (χ1n) is 6.75. The predicted octanol–water partition coefficient (Wildman–Crippen LogP) is 3.86. The molecular weight excluding hydrogens is 300 g/mol. The molecule has 0 aliphatic rings. The second-order valence-corrected chi connectivity index (χ2v) is 5.57. The first-order chi connectivity index (χ1) is 10.7. The fourth-order valence-corrected chi connectivity index (χ4v) is 2.81. The SMILES string of the molecule is CCOc1ccc2nc(/N=C/c3ccc(O)cc3O)sc2c1. The van der Waals surface area contributed by atoms with Gasteiger partial charge in [0.1, 0.15) is 17.2 Å². The molecule has 1 aromatic heterocycles. The van der Waals surface area contributed by atoms with E-state index in [-0.39, 0.29) is 11.5 Å². The van der Waals surface area contributed by atoms with Crippen molar-refractivity contribution in [1.82, 2.24) is 4.98 Å². The highest BCUT2D eigenvalue weighted by Crippen LogP contribution is 2.31. The molecule has 0 saturated heterocycles. The van der Waals surface area contributed by atoms with E-state index in [1.807, 2.05) is 25.1 Å². The maximum atomic E-state index is 9.72. The summed E-state index contributed by atoms with van der Waals surface area (Å²) in [7, 11) is 0.